The van der Waals surface area contributed by atoms with Crippen molar-refractivity contribution in [3.05, 3.63) is 46.6 Å². The molecule has 1 aromatic heterocycles. The molecule has 0 bridgehead atoms. The Labute approximate surface area is 104 Å². The summed E-state index contributed by atoms with van der Waals surface area (Å²) in [6, 6.07) is 7.83. The van der Waals surface area contributed by atoms with E-state index in [2.05, 4.69) is 0 Å². The number of aromatic nitrogens is 1. The normalized spacial score (nSPS) is 12.3. The molecule has 0 radical (unpaired) electrons. The Hall–Kier alpha value is -0.960. The molecule has 0 atom stereocenters. The third-order valence-corrected chi connectivity index (χ3v) is 3.06. The van der Waals surface area contributed by atoms with E-state index in [0.717, 1.165) is 16.5 Å². The average Bonchev–Trinajstić information content (AvgIpc) is 2.71. The van der Waals surface area contributed by atoms with Gasteiger partial charge in [-0.05, 0) is 29.1 Å². The topological polar surface area (TPSA) is 25.2 Å². The van der Waals surface area contributed by atoms with Gasteiger partial charge in [0.15, 0.2) is 0 Å². The summed E-state index contributed by atoms with van der Waals surface area (Å²) in [7, 11) is 0. The van der Waals surface area contributed by atoms with Gasteiger partial charge >= 0.3 is 0 Å². The summed E-state index contributed by atoms with van der Waals surface area (Å²) in [6.45, 7) is 0.622. The lowest BCUT2D eigenvalue weighted by atomic mass is 10.2. The number of fused-ring (bicyclic) bond motifs is 1. The van der Waals surface area contributed by atoms with Crippen LogP contribution in [-0.4, -0.2) is 9.67 Å². The van der Waals surface area contributed by atoms with Crippen LogP contribution in [-0.2, 0) is 13.2 Å². The predicted octanol–water partition coefficient (Wildman–Crippen LogP) is 3.45. The van der Waals surface area contributed by atoms with Crippen LogP contribution in [0.25, 0.3) is 10.9 Å². The van der Waals surface area contributed by atoms with E-state index in [-0.39, 0.29) is 6.61 Å². The van der Waals surface area contributed by atoms with Crippen LogP contribution in [0.15, 0.2) is 41.0 Å². The van der Waals surface area contributed by atoms with E-state index >= 15 is 0 Å². The Bertz CT molecular complexity index is 531. The molecule has 4 heteroatoms. The van der Waals surface area contributed by atoms with E-state index < -0.39 is 0 Å². The number of hydrogen-bond donors (Lipinski definition) is 1. The second-order valence-corrected chi connectivity index (χ2v) is 4.25. The van der Waals surface area contributed by atoms with E-state index in [1.165, 1.54) is 5.54 Å². The van der Waals surface area contributed by atoms with Gasteiger partial charge in [0.05, 0.1) is 13.2 Å². The molecule has 0 fully saturated rings. The first kappa shape index (κ1) is 11.5. The average molecular weight is 256 g/mol. The Kier molecular flexibility index (Phi) is 3.54. The van der Waals surface area contributed by atoms with Crippen molar-refractivity contribution < 1.29 is 5.11 Å². The lowest BCUT2D eigenvalue weighted by molar-refractivity contribution is 0.282. The number of aliphatic hydroxyl groups excluding tert-OH is 1. The van der Waals surface area contributed by atoms with Crippen molar-refractivity contribution in [3.8, 4) is 0 Å². The molecule has 1 aromatic carbocycles. The van der Waals surface area contributed by atoms with Gasteiger partial charge in [-0.3, -0.25) is 0 Å². The van der Waals surface area contributed by atoms with Crippen molar-refractivity contribution in [2.75, 3.05) is 0 Å². The van der Waals surface area contributed by atoms with Gasteiger partial charge in [-0.1, -0.05) is 29.3 Å². The molecule has 1 N–H and O–H groups in total. The highest BCUT2D eigenvalue weighted by molar-refractivity contribution is 6.36. The van der Waals surface area contributed by atoms with E-state index in [1.54, 1.807) is 0 Å². The molecule has 2 nitrogen and oxygen atoms in total. The van der Waals surface area contributed by atoms with E-state index in [1.807, 2.05) is 35.0 Å². The van der Waals surface area contributed by atoms with Crippen molar-refractivity contribution in [3.63, 3.8) is 0 Å². The molecule has 1 heterocycles. The highest BCUT2D eigenvalue weighted by Crippen LogP contribution is 2.20. The molecule has 0 unspecified atom stereocenters. The molecular weight excluding hydrogens is 245 g/mol. The van der Waals surface area contributed by atoms with Crippen LogP contribution < -0.4 is 0 Å². The first-order valence-corrected chi connectivity index (χ1v) is 5.69. The smallest absolute Gasteiger partial charge is 0.0682 e. The fourth-order valence-electron chi connectivity index (χ4n) is 1.68. The van der Waals surface area contributed by atoms with Crippen molar-refractivity contribution >= 4 is 34.1 Å². The monoisotopic (exact) mass is 255 g/mol. The lowest BCUT2D eigenvalue weighted by Crippen LogP contribution is -1.95. The van der Waals surface area contributed by atoms with Gasteiger partial charge in [0.1, 0.15) is 0 Å². The minimum Gasteiger partial charge on any atom is -0.392 e. The standard InChI is InChI=1S/C12H11Cl2NO/c13-6-11(14)7-15-4-3-10-5-9(8-16)1-2-12(10)15/h1-6,16H,7-8H2/b11-6-. The fourth-order valence-corrected chi connectivity index (χ4v) is 1.88. The Morgan fingerprint density at radius 3 is 2.88 bits per heavy atom. The third kappa shape index (κ3) is 2.24. The number of halogens is 2. The number of nitrogens with zero attached hydrogens (tertiary/aromatic N) is 1. The van der Waals surface area contributed by atoms with E-state index in [4.69, 9.17) is 28.3 Å². The molecule has 84 valence electrons. The summed E-state index contributed by atoms with van der Waals surface area (Å²) in [6.07, 6.45) is 1.95. The fraction of sp³-hybridized carbons (Fsp3) is 0.167. The van der Waals surface area contributed by atoms with Gasteiger partial charge < -0.3 is 9.67 Å². The summed E-state index contributed by atoms with van der Waals surface area (Å²) in [5.41, 5.74) is 3.35. The van der Waals surface area contributed by atoms with Crippen LogP contribution in [0.5, 0.6) is 0 Å². The zero-order valence-electron chi connectivity index (χ0n) is 8.53. The van der Waals surface area contributed by atoms with Crippen LogP contribution >= 0.6 is 23.2 Å². The third-order valence-electron chi connectivity index (χ3n) is 2.46. The van der Waals surface area contributed by atoms with Crippen molar-refractivity contribution in [1.29, 1.82) is 0 Å². The van der Waals surface area contributed by atoms with Crippen LogP contribution in [0, 0.1) is 0 Å². The van der Waals surface area contributed by atoms with Gasteiger partial charge in [-0.2, -0.15) is 0 Å². The molecule has 0 saturated heterocycles. The summed E-state index contributed by atoms with van der Waals surface area (Å²) in [5.74, 6) is 0. The minimum atomic E-state index is 0.0590. The number of rotatable bonds is 3. The molecule has 16 heavy (non-hydrogen) atoms. The highest BCUT2D eigenvalue weighted by Gasteiger charge is 2.02. The first-order chi connectivity index (χ1) is 7.74. The molecule has 0 aliphatic carbocycles. The van der Waals surface area contributed by atoms with E-state index in [9.17, 15) is 0 Å². The largest absolute Gasteiger partial charge is 0.392 e. The van der Waals surface area contributed by atoms with E-state index in [0.29, 0.717) is 11.6 Å². The second-order valence-electron chi connectivity index (χ2n) is 3.55. The van der Waals surface area contributed by atoms with Gasteiger partial charge in [0.2, 0.25) is 0 Å². The zero-order valence-corrected chi connectivity index (χ0v) is 10.0. The van der Waals surface area contributed by atoms with Gasteiger partial charge in [0, 0.05) is 22.3 Å². The van der Waals surface area contributed by atoms with Crippen LogP contribution in [0.2, 0.25) is 0 Å². The number of aliphatic hydroxyl groups is 1. The zero-order chi connectivity index (χ0) is 11.5. The van der Waals surface area contributed by atoms with Gasteiger partial charge in [-0.25, -0.2) is 0 Å². The quantitative estimate of drug-likeness (QED) is 0.893. The molecule has 0 saturated carbocycles. The maximum Gasteiger partial charge on any atom is 0.0682 e. The first-order valence-electron chi connectivity index (χ1n) is 4.88. The van der Waals surface area contributed by atoms with Gasteiger partial charge in [-0.15, -0.1) is 0 Å². The Balaban J connectivity index is 2.41. The number of benzene rings is 1. The second kappa shape index (κ2) is 4.91. The molecule has 0 amide bonds. The Morgan fingerprint density at radius 1 is 1.38 bits per heavy atom. The van der Waals surface area contributed by atoms with Crippen molar-refractivity contribution in [1.82, 2.24) is 4.57 Å². The predicted molar refractivity (Wildman–Crippen MR) is 67.6 cm³/mol. The summed E-state index contributed by atoms with van der Waals surface area (Å²) >= 11 is 11.4. The maximum absolute atomic E-state index is 9.03. The van der Waals surface area contributed by atoms with Gasteiger partial charge in [0.25, 0.3) is 0 Å². The molecular formula is C12H11Cl2NO. The minimum absolute atomic E-state index is 0.0590. The van der Waals surface area contributed by atoms with Crippen LogP contribution in [0.1, 0.15) is 5.56 Å². The summed E-state index contributed by atoms with van der Waals surface area (Å²) < 4.78 is 2.01. The molecule has 0 aliphatic rings. The number of allylic oxidation sites excluding steroid dienone is 1. The highest BCUT2D eigenvalue weighted by atomic mass is 35.5. The molecule has 0 spiro atoms. The van der Waals surface area contributed by atoms with Crippen molar-refractivity contribution in [2.24, 2.45) is 0 Å². The SMILES string of the molecule is OCc1ccc2c(ccn2C/C(Cl)=C/Cl)c1. The lowest BCUT2D eigenvalue weighted by Gasteiger charge is -2.04. The Morgan fingerprint density at radius 2 is 2.19 bits per heavy atom. The summed E-state index contributed by atoms with van der Waals surface area (Å²) in [4.78, 5) is 0. The van der Waals surface area contributed by atoms with Crippen molar-refractivity contribution in [2.45, 2.75) is 13.2 Å². The molecule has 2 rings (SSSR count). The molecule has 0 aliphatic heterocycles. The number of hydrogen-bond acceptors (Lipinski definition) is 1. The maximum atomic E-state index is 9.03. The summed E-state index contributed by atoms with van der Waals surface area (Å²) in [5, 5.41) is 10.7. The van der Waals surface area contributed by atoms with Crippen LogP contribution in [0.4, 0.5) is 0 Å². The molecule has 2 aromatic rings. The van der Waals surface area contributed by atoms with Crippen LogP contribution in [0.3, 0.4) is 0 Å².